The number of hydrogen-bond donors (Lipinski definition) is 0. The topological polar surface area (TPSA) is 22.0 Å². The molecule has 5 aromatic rings. The minimum Gasteiger partial charge on any atom is -0.309 e. The molecule has 1 aliphatic heterocycles. The lowest BCUT2D eigenvalue weighted by atomic mass is 10.0. The van der Waals surface area contributed by atoms with E-state index in [1.807, 2.05) is 24.3 Å². The number of para-hydroxylation sites is 2. The van der Waals surface area contributed by atoms with E-state index in [1.165, 1.54) is 10.9 Å². The zero-order chi connectivity index (χ0) is 18.0. The molecule has 0 saturated heterocycles. The molecule has 0 saturated carbocycles. The van der Waals surface area contributed by atoms with Crippen molar-refractivity contribution in [2.45, 2.75) is 9.79 Å². The van der Waals surface area contributed by atoms with Crippen molar-refractivity contribution in [2.75, 3.05) is 0 Å². The highest BCUT2D eigenvalue weighted by atomic mass is 32.2. The molecule has 27 heavy (non-hydrogen) atoms. The van der Waals surface area contributed by atoms with E-state index in [0.29, 0.717) is 0 Å². The number of nitrogens with zero attached hydrogens (tertiary/aromatic N) is 1. The van der Waals surface area contributed by atoms with Gasteiger partial charge < -0.3 is 4.57 Å². The molecule has 0 amide bonds. The quantitative estimate of drug-likeness (QED) is 0.354. The van der Waals surface area contributed by atoms with Crippen molar-refractivity contribution in [3.63, 3.8) is 0 Å². The van der Waals surface area contributed by atoms with E-state index in [2.05, 4.69) is 71.3 Å². The Labute approximate surface area is 159 Å². The minimum atomic E-state index is -1.12. The number of benzene rings is 4. The van der Waals surface area contributed by atoms with Crippen LogP contribution in [0.4, 0.5) is 0 Å². The molecule has 0 fully saturated rings. The number of fused-ring (bicyclic) bond motifs is 6. The van der Waals surface area contributed by atoms with Gasteiger partial charge in [-0.25, -0.2) is 4.21 Å². The second-order valence-corrected chi connectivity index (χ2v) is 8.24. The Morgan fingerprint density at radius 1 is 0.593 bits per heavy atom. The first-order valence-corrected chi connectivity index (χ1v) is 10.1. The Bertz CT molecular complexity index is 1380. The van der Waals surface area contributed by atoms with Gasteiger partial charge in [-0.1, -0.05) is 54.6 Å². The molecular formula is C24H15NOS. The largest absolute Gasteiger partial charge is 0.309 e. The average molecular weight is 365 g/mol. The first-order valence-electron chi connectivity index (χ1n) is 8.97. The lowest BCUT2D eigenvalue weighted by Crippen LogP contribution is -1.93. The highest BCUT2D eigenvalue weighted by molar-refractivity contribution is 7.85. The Balaban J connectivity index is 1.79. The summed E-state index contributed by atoms with van der Waals surface area (Å²) in [5.74, 6) is 0. The van der Waals surface area contributed by atoms with Gasteiger partial charge >= 0.3 is 0 Å². The van der Waals surface area contributed by atoms with E-state index in [1.54, 1.807) is 0 Å². The summed E-state index contributed by atoms with van der Waals surface area (Å²) in [6, 6.07) is 31.2. The summed E-state index contributed by atoms with van der Waals surface area (Å²) >= 11 is 0. The molecular weight excluding hydrogens is 350 g/mol. The first-order chi connectivity index (χ1) is 13.3. The summed E-state index contributed by atoms with van der Waals surface area (Å²) in [6.07, 6.45) is 0. The maximum atomic E-state index is 13.0. The lowest BCUT2D eigenvalue weighted by Gasteiger charge is -2.08. The van der Waals surface area contributed by atoms with Crippen molar-refractivity contribution in [3.05, 3.63) is 91.0 Å². The van der Waals surface area contributed by atoms with E-state index in [4.69, 9.17) is 0 Å². The molecule has 0 aliphatic carbocycles. The van der Waals surface area contributed by atoms with Gasteiger partial charge in [0.25, 0.3) is 0 Å². The minimum absolute atomic E-state index is 0.913. The molecule has 128 valence electrons. The fourth-order valence-corrected chi connectivity index (χ4v) is 5.59. The molecule has 6 rings (SSSR count). The third-order valence-corrected chi connectivity index (χ3v) is 6.86. The molecule has 2 nitrogen and oxygen atoms in total. The van der Waals surface area contributed by atoms with E-state index < -0.39 is 10.8 Å². The van der Waals surface area contributed by atoms with E-state index in [-0.39, 0.29) is 0 Å². The van der Waals surface area contributed by atoms with Crippen LogP contribution >= 0.6 is 0 Å². The second-order valence-electron chi connectivity index (χ2n) is 6.82. The van der Waals surface area contributed by atoms with Gasteiger partial charge in [0.2, 0.25) is 0 Å². The summed E-state index contributed by atoms with van der Waals surface area (Å²) in [7, 11) is -1.12. The van der Waals surface area contributed by atoms with Crippen molar-refractivity contribution in [1.82, 2.24) is 4.57 Å². The van der Waals surface area contributed by atoms with Crippen LogP contribution in [0.5, 0.6) is 0 Å². The Hall–Kier alpha value is -3.17. The summed E-state index contributed by atoms with van der Waals surface area (Å²) in [4.78, 5) is 1.83. The van der Waals surface area contributed by atoms with Crippen LogP contribution in [0, 0.1) is 0 Å². The molecule has 1 unspecified atom stereocenters. The standard InChI is InChI=1S/C24H15NOS/c26-27-23-13-7-5-11-18(23)20-14-22-19(15-24(20)27)17-10-4-6-12-21(17)25(22)16-8-2-1-3-9-16/h1-15H. The van der Waals surface area contributed by atoms with Crippen LogP contribution in [0.2, 0.25) is 0 Å². The molecule has 0 spiro atoms. The molecule has 1 aliphatic rings. The number of hydrogen-bond acceptors (Lipinski definition) is 1. The van der Waals surface area contributed by atoms with Gasteiger partial charge in [-0.3, -0.25) is 0 Å². The zero-order valence-corrected chi connectivity index (χ0v) is 15.2. The molecule has 2 heterocycles. The van der Waals surface area contributed by atoms with Crippen LogP contribution in [0.1, 0.15) is 0 Å². The maximum absolute atomic E-state index is 13.0. The number of rotatable bonds is 1. The third-order valence-electron chi connectivity index (χ3n) is 5.37. The van der Waals surface area contributed by atoms with Crippen molar-refractivity contribution in [1.29, 1.82) is 0 Å². The molecule has 0 bridgehead atoms. The summed E-state index contributed by atoms with van der Waals surface area (Å²) in [5, 5.41) is 2.33. The van der Waals surface area contributed by atoms with E-state index in [0.717, 1.165) is 37.5 Å². The normalized spacial score (nSPS) is 15.2. The van der Waals surface area contributed by atoms with Crippen LogP contribution in [-0.4, -0.2) is 8.78 Å². The lowest BCUT2D eigenvalue weighted by molar-refractivity contribution is 0.685. The van der Waals surface area contributed by atoms with Gasteiger partial charge in [-0.15, -0.1) is 0 Å². The van der Waals surface area contributed by atoms with Gasteiger partial charge in [-0.2, -0.15) is 0 Å². The molecule has 1 atom stereocenters. The van der Waals surface area contributed by atoms with Gasteiger partial charge in [-0.05, 0) is 42.0 Å². The van der Waals surface area contributed by atoms with Gasteiger partial charge in [0, 0.05) is 22.0 Å². The van der Waals surface area contributed by atoms with Gasteiger partial charge in [0.1, 0.15) is 0 Å². The zero-order valence-electron chi connectivity index (χ0n) is 14.4. The number of aromatic nitrogens is 1. The highest BCUT2D eigenvalue weighted by Gasteiger charge is 2.27. The molecule has 1 aromatic heterocycles. The third kappa shape index (κ3) is 1.97. The van der Waals surface area contributed by atoms with Crippen LogP contribution in [0.15, 0.2) is 101 Å². The Morgan fingerprint density at radius 2 is 1.33 bits per heavy atom. The maximum Gasteiger partial charge on any atom is 0.0862 e. The Kier molecular flexibility index (Phi) is 3.00. The molecule has 3 heteroatoms. The van der Waals surface area contributed by atoms with Crippen LogP contribution < -0.4 is 0 Å². The predicted octanol–water partition coefficient (Wildman–Crippen LogP) is 5.93. The van der Waals surface area contributed by atoms with Crippen molar-refractivity contribution < 1.29 is 4.21 Å². The molecule has 0 N–H and O–H groups in total. The van der Waals surface area contributed by atoms with Gasteiger partial charge in [0.15, 0.2) is 0 Å². The smallest absolute Gasteiger partial charge is 0.0862 e. The van der Waals surface area contributed by atoms with Crippen molar-refractivity contribution >= 4 is 32.6 Å². The fourth-order valence-electron chi connectivity index (χ4n) is 4.18. The van der Waals surface area contributed by atoms with Crippen LogP contribution in [0.3, 0.4) is 0 Å². The van der Waals surface area contributed by atoms with Gasteiger partial charge in [0.05, 0.1) is 31.6 Å². The summed E-state index contributed by atoms with van der Waals surface area (Å²) < 4.78 is 15.3. The highest BCUT2D eigenvalue weighted by Crippen LogP contribution is 2.44. The molecule has 4 aromatic carbocycles. The van der Waals surface area contributed by atoms with E-state index >= 15 is 0 Å². The van der Waals surface area contributed by atoms with Crippen LogP contribution in [-0.2, 0) is 10.8 Å². The summed E-state index contributed by atoms with van der Waals surface area (Å²) in [5.41, 5.74) is 5.61. The van der Waals surface area contributed by atoms with Crippen molar-refractivity contribution in [3.8, 4) is 16.8 Å². The SMILES string of the molecule is O=S1c2ccccc2-c2cc3c(cc21)c1ccccc1n3-c1ccccc1. The van der Waals surface area contributed by atoms with E-state index in [9.17, 15) is 4.21 Å². The Morgan fingerprint density at radius 3 is 2.22 bits per heavy atom. The second kappa shape index (κ2) is 5.41. The summed E-state index contributed by atoms with van der Waals surface area (Å²) in [6.45, 7) is 0. The monoisotopic (exact) mass is 365 g/mol. The predicted molar refractivity (Wildman–Crippen MR) is 111 cm³/mol. The first kappa shape index (κ1) is 14.9. The average Bonchev–Trinajstić information content (AvgIpc) is 3.20. The molecule has 0 radical (unpaired) electrons. The fraction of sp³-hybridized carbons (Fsp3) is 0. The van der Waals surface area contributed by atoms with Crippen molar-refractivity contribution in [2.24, 2.45) is 0 Å². The van der Waals surface area contributed by atoms with Crippen LogP contribution in [0.25, 0.3) is 38.6 Å².